The normalized spacial score (nSPS) is 50.0. The fraction of sp³-hybridized carbons (Fsp3) is 1.00. The highest BCUT2D eigenvalue weighted by molar-refractivity contribution is 4.93. The summed E-state index contributed by atoms with van der Waals surface area (Å²) in [7, 11) is 0. The molecular weight excluding hydrogens is 334 g/mol. The van der Waals surface area contributed by atoms with Crippen molar-refractivity contribution in [3.8, 4) is 0 Å². The van der Waals surface area contributed by atoms with E-state index in [1.54, 1.807) is 0 Å². The lowest BCUT2D eigenvalue weighted by Gasteiger charge is -2.45. The molecule has 0 amide bonds. The second kappa shape index (κ2) is 8.27. The van der Waals surface area contributed by atoms with Crippen LogP contribution in [0.25, 0.3) is 0 Å². The molecule has 0 radical (unpaired) electrons. The van der Waals surface area contributed by atoms with Crippen molar-refractivity contribution in [3.05, 3.63) is 0 Å². The van der Waals surface area contributed by atoms with Crippen molar-refractivity contribution in [2.45, 2.75) is 61.4 Å². The minimum Gasteiger partial charge on any atom is -0.394 e. The lowest BCUT2D eigenvalue weighted by Crippen LogP contribution is -2.64. The summed E-state index contributed by atoms with van der Waals surface area (Å²) in [5.41, 5.74) is 0. The lowest BCUT2D eigenvalue weighted by atomic mass is 9.97. The fourth-order valence-corrected chi connectivity index (χ4v) is 2.67. The molecule has 0 aromatic carbocycles. The number of nitrogens with two attached hydrogens (primary N) is 1. The summed E-state index contributed by atoms with van der Waals surface area (Å²) in [6.45, 7) is -1.31. The van der Waals surface area contributed by atoms with Crippen LogP contribution in [0.4, 0.5) is 0 Å². The van der Waals surface area contributed by atoms with Crippen LogP contribution in [-0.4, -0.2) is 110 Å². The molecule has 2 rings (SSSR count). The van der Waals surface area contributed by atoms with Crippen LogP contribution in [0.5, 0.6) is 0 Å². The van der Waals surface area contributed by atoms with Crippen LogP contribution >= 0.6 is 0 Å². The Kier molecular flexibility index (Phi) is 6.83. The monoisotopic (exact) mass is 357 g/mol. The van der Waals surface area contributed by atoms with Gasteiger partial charge in [-0.25, -0.2) is 5.90 Å². The van der Waals surface area contributed by atoms with Crippen molar-refractivity contribution in [2.75, 3.05) is 13.2 Å². The Bertz CT molecular complexity index is 397. The Morgan fingerprint density at radius 1 is 0.708 bits per heavy atom. The maximum absolute atomic E-state index is 10.1. The number of ether oxygens (including phenoxy) is 3. The third-order valence-electron chi connectivity index (χ3n) is 4.09. The summed E-state index contributed by atoms with van der Waals surface area (Å²) in [6.07, 6.45) is -15.0. The zero-order valence-corrected chi connectivity index (χ0v) is 12.5. The van der Waals surface area contributed by atoms with Gasteiger partial charge in [0.15, 0.2) is 6.29 Å². The maximum Gasteiger partial charge on any atom is 0.206 e. The van der Waals surface area contributed by atoms with Crippen molar-refractivity contribution in [2.24, 2.45) is 5.90 Å². The van der Waals surface area contributed by atoms with E-state index in [-0.39, 0.29) is 0 Å². The van der Waals surface area contributed by atoms with Crippen LogP contribution in [0.1, 0.15) is 0 Å². The van der Waals surface area contributed by atoms with Crippen LogP contribution in [0.15, 0.2) is 0 Å². The maximum atomic E-state index is 10.1. The molecule has 0 aliphatic carbocycles. The van der Waals surface area contributed by atoms with E-state index in [0.29, 0.717) is 0 Å². The van der Waals surface area contributed by atoms with Crippen molar-refractivity contribution in [3.63, 3.8) is 0 Å². The standard InChI is InChI=1S/C12H23NO11/c13-24-12-9(20)7(18)10(4(2-15)22-12)23-11-8(19)6(17)5(16)3(1-14)21-11/h3-12,14-20H,1-2,13H2/t3?,4?,5-,6-,7+,8?,9?,10-,11-,12-/m0/s1. The van der Waals surface area contributed by atoms with Crippen LogP contribution < -0.4 is 5.90 Å². The first-order chi connectivity index (χ1) is 11.3. The number of rotatable bonds is 5. The lowest BCUT2D eigenvalue weighted by molar-refractivity contribution is -0.360. The first-order valence-corrected chi connectivity index (χ1v) is 7.29. The Morgan fingerprint density at radius 2 is 1.25 bits per heavy atom. The van der Waals surface area contributed by atoms with Gasteiger partial charge in [0.25, 0.3) is 0 Å². The van der Waals surface area contributed by atoms with E-state index in [4.69, 9.17) is 25.2 Å². The molecule has 0 bridgehead atoms. The van der Waals surface area contributed by atoms with Gasteiger partial charge in [-0.15, -0.1) is 0 Å². The molecule has 24 heavy (non-hydrogen) atoms. The Balaban J connectivity index is 2.12. The van der Waals surface area contributed by atoms with Crippen LogP contribution in [0.3, 0.4) is 0 Å². The van der Waals surface area contributed by atoms with Gasteiger partial charge < -0.3 is 50.0 Å². The van der Waals surface area contributed by atoms with Crippen molar-refractivity contribution >= 4 is 0 Å². The van der Waals surface area contributed by atoms with E-state index in [2.05, 4.69) is 4.84 Å². The molecule has 2 aliphatic rings. The SMILES string of the molecule is NO[C@@H]1OC(CO)[C@H](O[C@@H]2OC(CO)[C@H](O)[C@H](O)C2O)[C@H](O)C1O. The Morgan fingerprint density at radius 3 is 1.79 bits per heavy atom. The molecule has 9 N–H and O–H groups in total. The van der Waals surface area contributed by atoms with Gasteiger partial charge in [0.2, 0.25) is 6.29 Å². The Labute approximate surface area is 136 Å². The smallest absolute Gasteiger partial charge is 0.206 e. The van der Waals surface area contributed by atoms with E-state index in [1.807, 2.05) is 0 Å². The molecule has 12 heteroatoms. The van der Waals surface area contributed by atoms with Gasteiger partial charge in [0, 0.05) is 0 Å². The molecule has 0 saturated carbocycles. The summed E-state index contributed by atoms with van der Waals surface area (Å²) in [5.74, 6) is 4.92. The van der Waals surface area contributed by atoms with E-state index >= 15 is 0 Å². The fourth-order valence-electron chi connectivity index (χ4n) is 2.67. The average Bonchev–Trinajstić information content (AvgIpc) is 2.59. The summed E-state index contributed by atoms with van der Waals surface area (Å²) in [4.78, 5) is 4.35. The minimum absolute atomic E-state index is 0.647. The van der Waals surface area contributed by atoms with E-state index < -0.39 is 74.6 Å². The molecule has 2 fully saturated rings. The highest BCUT2D eigenvalue weighted by Gasteiger charge is 2.50. The van der Waals surface area contributed by atoms with E-state index in [0.717, 1.165) is 0 Å². The van der Waals surface area contributed by atoms with Gasteiger partial charge >= 0.3 is 0 Å². The van der Waals surface area contributed by atoms with E-state index in [1.165, 1.54) is 0 Å². The second-order valence-corrected chi connectivity index (χ2v) is 5.64. The first-order valence-electron chi connectivity index (χ1n) is 7.29. The second-order valence-electron chi connectivity index (χ2n) is 5.64. The van der Waals surface area contributed by atoms with Gasteiger partial charge in [0.05, 0.1) is 13.2 Å². The van der Waals surface area contributed by atoms with Crippen LogP contribution in [0, 0.1) is 0 Å². The van der Waals surface area contributed by atoms with Crippen molar-refractivity contribution in [1.29, 1.82) is 0 Å². The van der Waals surface area contributed by atoms with Crippen LogP contribution in [-0.2, 0) is 19.0 Å². The largest absolute Gasteiger partial charge is 0.394 e. The minimum atomic E-state index is -1.71. The number of aliphatic hydroxyl groups excluding tert-OH is 7. The zero-order chi connectivity index (χ0) is 18.0. The summed E-state index contributed by atoms with van der Waals surface area (Å²) in [6, 6.07) is 0. The molecule has 4 unspecified atom stereocenters. The molecule has 142 valence electrons. The van der Waals surface area contributed by atoms with Gasteiger partial charge in [-0.2, -0.15) is 0 Å². The highest BCUT2D eigenvalue weighted by Crippen LogP contribution is 2.28. The molecule has 0 aromatic heterocycles. The van der Waals surface area contributed by atoms with Gasteiger partial charge in [-0.1, -0.05) is 0 Å². The summed E-state index contributed by atoms with van der Waals surface area (Å²) < 4.78 is 15.6. The molecule has 2 saturated heterocycles. The van der Waals surface area contributed by atoms with Gasteiger partial charge in [-0.05, 0) is 0 Å². The quantitative estimate of drug-likeness (QED) is 0.217. The van der Waals surface area contributed by atoms with Gasteiger partial charge in [-0.3, -0.25) is 4.84 Å². The highest BCUT2D eigenvalue weighted by atomic mass is 16.8. The number of hydrogen-bond acceptors (Lipinski definition) is 12. The third-order valence-corrected chi connectivity index (χ3v) is 4.09. The number of aliphatic hydroxyl groups is 7. The third kappa shape index (κ3) is 3.70. The van der Waals surface area contributed by atoms with Crippen LogP contribution in [0.2, 0.25) is 0 Å². The van der Waals surface area contributed by atoms with Crippen molar-refractivity contribution in [1.82, 2.24) is 0 Å². The molecule has 2 aliphatic heterocycles. The Hall–Kier alpha value is -0.480. The number of hydrogen-bond donors (Lipinski definition) is 8. The van der Waals surface area contributed by atoms with Crippen molar-refractivity contribution < 1.29 is 54.8 Å². The predicted octanol–water partition coefficient (Wildman–Crippen LogP) is -5.50. The molecule has 10 atom stereocenters. The predicted molar refractivity (Wildman–Crippen MR) is 71.7 cm³/mol. The van der Waals surface area contributed by atoms with Gasteiger partial charge in [0.1, 0.15) is 48.8 Å². The molecule has 0 spiro atoms. The average molecular weight is 357 g/mol. The summed E-state index contributed by atoms with van der Waals surface area (Å²) >= 11 is 0. The molecule has 2 heterocycles. The topological polar surface area (TPSA) is 205 Å². The zero-order valence-electron chi connectivity index (χ0n) is 12.5. The molecular formula is C12H23NO11. The first kappa shape index (κ1) is 19.8. The molecule has 12 nitrogen and oxygen atoms in total. The summed E-state index contributed by atoms with van der Waals surface area (Å²) in [5, 5.41) is 67.8. The molecule has 0 aromatic rings. The van der Waals surface area contributed by atoms with E-state index in [9.17, 15) is 30.6 Å².